The average Bonchev–Trinajstić information content (AvgIpc) is 2.00. The molecule has 13 heavy (non-hydrogen) atoms. The lowest BCUT2D eigenvalue weighted by Gasteiger charge is -2.11. The van der Waals surface area contributed by atoms with Gasteiger partial charge in [0.1, 0.15) is 6.10 Å². The molecule has 0 bridgehead atoms. The molecule has 0 aliphatic heterocycles. The molecule has 0 aromatic heterocycles. The Labute approximate surface area is 75.2 Å². The number of hydrogen-bond acceptors (Lipinski definition) is 5. The molecule has 1 atom stereocenters. The molecule has 0 heterocycles. The Morgan fingerprint density at radius 2 is 1.92 bits per heavy atom. The lowest BCUT2D eigenvalue weighted by atomic mass is 10.4. The first kappa shape index (κ1) is 13.0. The summed E-state index contributed by atoms with van der Waals surface area (Å²) in [6, 6.07) is 0. The predicted octanol–water partition coefficient (Wildman–Crippen LogP) is -1.53. The Hall–Kier alpha value is -0.0100. The SMILES string of the molecule is O=P(O)(O)OCC(O)COCCO. The van der Waals surface area contributed by atoms with Crippen LogP contribution < -0.4 is 0 Å². The largest absolute Gasteiger partial charge is 0.469 e. The maximum Gasteiger partial charge on any atom is 0.469 e. The van der Waals surface area contributed by atoms with Crippen molar-refractivity contribution in [2.45, 2.75) is 6.10 Å². The van der Waals surface area contributed by atoms with Crippen molar-refractivity contribution in [1.29, 1.82) is 0 Å². The van der Waals surface area contributed by atoms with Gasteiger partial charge in [0, 0.05) is 0 Å². The molecule has 80 valence electrons. The summed E-state index contributed by atoms with van der Waals surface area (Å²) in [5.74, 6) is 0. The number of phosphoric ester groups is 1. The molecule has 0 aromatic rings. The van der Waals surface area contributed by atoms with Gasteiger partial charge in [-0.15, -0.1) is 0 Å². The van der Waals surface area contributed by atoms with Gasteiger partial charge < -0.3 is 24.7 Å². The van der Waals surface area contributed by atoms with Gasteiger partial charge >= 0.3 is 7.82 Å². The van der Waals surface area contributed by atoms with Gasteiger partial charge in [0.15, 0.2) is 0 Å². The predicted molar refractivity (Wildman–Crippen MR) is 41.9 cm³/mol. The molecule has 0 saturated carbocycles. The molecule has 0 rings (SSSR count). The van der Waals surface area contributed by atoms with Crippen LogP contribution in [0.1, 0.15) is 0 Å². The van der Waals surface area contributed by atoms with E-state index in [1.165, 1.54) is 0 Å². The molecule has 1 unspecified atom stereocenters. The van der Waals surface area contributed by atoms with Crippen LogP contribution in [0.15, 0.2) is 0 Å². The monoisotopic (exact) mass is 216 g/mol. The quantitative estimate of drug-likeness (QED) is 0.301. The minimum absolute atomic E-state index is 0.0625. The molecule has 4 N–H and O–H groups in total. The van der Waals surface area contributed by atoms with Crippen molar-refractivity contribution in [2.24, 2.45) is 0 Å². The Morgan fingerprint density at radius 3 is 2.38 bits per heavy atom. The number of ether oxygens (including phenoxy) is 1. The number of hydrogen-bond donors (Lipinski definition) is 4. The van der Waals surface area contributed by atoms with E-state index in [0.29, 0.717) is 0 Å². The molecular weight excluding hydrogens is 203 g/mol. The molecule has 0 aliphatic rings. The van der Waals surface area contributed by atoms with Crippen LogP contribution in [0.25, 0.3) is 0 Å². The topological polar surface area (TPSA) is 116 Å². The van der Waals surface area contributed by atoms with E-state index in [1.807, 2.05) is 0 Å². The molecule has 8 heteroatoms. The van der Waals surface area contributed by atoms with Crippen LogP contribution in [0.2, 0.25) is 0 Å². The molecule has 0 fully saturated rings. The Bertz CT molecular complexity index is 166. The van der Waals surface area contributed by atoms with E-state index in [1.54, 1.807) is 0 Å². The summed E-state index contributed by atoms with van der Waals surface area (Å²) >= 11 is 0. The first-order valence-electron chi connectivity index (χ1n) is 3.52. The van der Waals surface area contributed by atoms with Crippen LogP contribution in [-0.4, -0.2) is 52.5 Å². The van der Waals surface area contributed by atoms with Crippen molar-refractivity contribution in [3.05, 3.63) is 0 Å². The Kier molecular flexibility index (Phi) is 6.44. The summed E-state index contributed by atoms with van der Waals surface area (Å²) in [4.78, 5) is 16.5. The van der Waals surface area contributed by atoms with Crippen LogP contribution in [0.5, 0.6) is 0 Å². The van der Waals surface area contributed by atoms with Crippen LogP contribution in [-0.2, 0) is 13.8 Å². The van der Waals surface area contributed by atoms with Crippen LogP contribution in [0.4, 0.5) is 0 Å². The van der Waals surface area contributed by atoms with Crippen molar-refractivity contribution in [3.63, 3.8) is 0 Å². The zero-order valence-corrected chi connectivity index (χ0v) is 7.76. The zero-order chi connectivity index (χ0) is 10.3. The van der Waals surface area contributed by atoms with Crippen LogP contribution >= 0.6 is 7.82 Å². The average molecular weight is 216 g/mol. The second-order valence-electron chi connectivity index (χ2n) is 2.24. The fraction of sp³-hybridized carbons (Fsp3) is 1.00. The number of aliphatic hydroxyl groups is 2. The highest BCUT2D eigenvalue weighted by Gasteiger charge is 2.16. The van der Waals surface area contributed by atoms with Gasteiger partial charge in [-0.3, -0.25) is 4.52 Å². The van der Waals surface area contributed by atoms with Gasteiger partial charge in [-0.05, 0) is 0 Å². The van der Waals surface area contributed by atoms with E-state index >= 15 is 0 Å². The van der Waals surface area contributed by atoms with Crippen molar-refractivity contribution in [1.82, 2.24) is 0 Å². The third-order valence-electron chi connectivity index (χ3n) is 0.981. The van der Waals surface area contributed by atoms with Gasteiger partial charge in [-0.2, -0.15) is 0 Å². The summed E-state index contributed by atoms with van der Waals surface area (Å²) in [6.45, 7) is -0.755. The van der Waals surface area contributed by atoms with Gasteiger partial charge in [0.2, 0.25) is 0 Å². The van der Waals surface area contributed by atoms with Gasteiger partial charge in [0.05, 0.1) is 26.4 Å². The van der Waals surface area contributed by atoms with Crippen LogP contribution in [0, 0.1) is 0 Å². The molecule has 0 aromatic carbocycles. The maximum atomic E-state index is 10.1. The summed E-state index contributed by atoms with van der Waals surface area (Å²) in [6.07, 6.45) is -1.11. The third-order valence-corrected chi connectivity index (χ3v) is 1.47. The van der Waals surface area contributed by atoms with Crippen molar-refractivity contribution in [3.8, 4) is 0 Å². The number of rotatable bonds is 7. The van der Waals surface area contributed by atoms with E-state index in [0.717, 1.165) is 0 Å². The lowest BCUT2D eigenvalue weighted by molar-refractivity contribution is -0.00382. The minimum atomic E-state index is -4.52. The highest BCUT2D eigenvalue weighted by molar-refractivity contribution is 7.46. The normalized spacial score (nSPS) is 14.5. The molecule has 0 spiro atoms. The molecular formula is C5H13O7P. The van der Waals surface area contributed by atoms with Crippen molar-refractivity contribution < 1.29 is 33.8 Å². The summed E-state index contributed by atoms with van der Waals surface area (Å²) in [7, 11) is -4.52. The first-order valence-corrected chi connectivity index (χ1v) is 5.05. The van der Waals surface area contributed by atoms with Gasteiger partial charge in [-0.25, -0.2) is 4.57 Å². The third kappa shape index (κ3) is 9.91. The van der Waals surface area contributed by atoms with Gasteiger partial charge in [-0.1, -0.05) is 0 Å². The van der Waals surface area contributed by atoms with E-state index in [-0.39, 0.29) is 19.8 Å². The second kappa shape index (κ2) is 6.44. The highest BCUT2D eigenvalue weighted by Crippen LogP contribution is 2.35. The molecule has 0 amide bonds. The van der Waals surface area contributed by atoms with E-state index in [9.17, 15) is 4.57 Å². The molecule has 0 radical (unpaired) electrons. The van der Waals surface area contributed by atoms with E-state index < -0.39 is 20.5 Å². The van der Waals surface area contributed by atoms with Crippen molar-refractivity contribution >= 4 is 7.82 Å². The second-order valence-corrected chi connectivity index (χ2v) is 3.48. The molecule has 7 nitrogen and oxygen atoms in total. The van der Waals surface area contributed by atoms with Crippen molar-refractivity contribution in [2.75, 3.05) is 26.4 Å². The highest BCUT2D eigenvalue weighted by atomic mass is 31.2. The van der Waals surface area contributed by atoms with E-state index in [4.69, 9.17) is 20.0 Å². The fourth-order valence-corrected chi connectivity index (χ4v) is 0.881. The van der Waals surface area contributed by atoms with Gasteiger partial charge in [0.25, 0.3) is 0 Å². The number of phosphoric acid groups is 1. The summed E-state index contributed by atoms with van der Waals surface area (Å²) in [5.41, 5.74) is 0. The Balaban J connectivity index is 3.40. The standard InChI is InChI=1S/C5H13O7P/c6-1-2-11-3-5(7)4-12-13(8,9)10/h5-7H,1-4H2,(H2,8,9,10). The molecule has 0 saturated heterocycles. The molecule has 0 aliphatic carbocycles. The lowest BCUT2D eigenvalue weighted by Crippen LogP contribution is -2.21. The zero-order valence-electron chi connectivity index (χ0n) is 6.87. The summed E-state index contributed by atoms with van der Waals surface area (Å²) < 4.78 is 18.8. The maximum absolute atomic E-state index is 10.1. The first-order chi connectivity index (χ1) is 5.95. The Morgan fingerprint density at radius 1 is 1.31 bits per heavy atom. The van der Waals surface area contributed by atoms with Crippen LogP contribution in [0.3, 0.4) is 0 Å². The number of aliphatic hydroxyl groups excluding tert-OH is 2. The fourth-order valence-electron chi connectivity index (χ4n) is 0.515. The minimum Gasteiger partial charge on any atom is -0.394 e. The van der Waals surface area contributed by atoms with E-state index in [2.05, 4.69) is 9.26 Å². The smallest absolute Gasteiger partial charge is 0.394 e. The summed E-state index contributed by atoms with van der Waals surface area (Å²) in [5, 5.41) is 17.2.